The van der Waals surface area contributed by atoms with Crippen molar-refractivity contribution in [2.75, 3.05) is 39.0 Å². The summed E-state index contributed by atoms with van der Waals surface area (Å²) in [5, 5.41) is 8.58. The molecule has 3 N–H and O–H groups in total. The number of benzene rings is 2. The maximum Gasteiger partial charge on any atom is 0.1000 e. The van der Waals surface area contributed by atoms with Gasteiger partial charge in [-0.1, -0.05) is 36.4 Å². The largest absolute Gasteiger partial charge is 0.397 e. The molecular weight excluding hydrogens is 298 g/mol. The van der Waals surface area contributed by atoms with E-state index >= 15 is 0 Å². The highest BCUT2D eigenvalue weighted by atomic mass is 15.2. The molecular formula is C19H23N5. The first-order valence-electron chi connectivity index (χ1n) is 8.43. The van der Waals surface area contributed by atoms with Crippen LogP contribution in [0.1, 0.15) is 5.56 Å². The van der Waals surface area contributed by atoms with E-state index in [0.717, 1.165) is 60.6 Å². The molecule has 5 heteroatoms. The molecule has 0 saturated carbocycles. The molecule has 3 aromatic rings. The normalized spacial score (nSPS) is 16.7. The second kappa shape index (κ2) is 6.26. The van der Waals surface area contributed by atoms with Crippen LogP contribution < -0.4 is 5.73 Å². The zero-order chi connectivity index (χ0) is 16.5. The molecule has 1 aromatic heterocycles. The fourth-order valence-corrected chi connectivity index (χ4v) is 3.32. The quantitative estimate of drug-likeness (QED) is 0.728. The van der Waals surface area contributed by atoms with Crippen molar-refractivity contribution < 1.29 is 0 Å². The summed E-state index contributed by atoms with van der Waals surface area (Å²) in [6.07, 6.45) is 0. The summed E-state index contributed by atoms with van der Waals surface area (Å²) in [4.78, 5) is 4.90. The number of nitrogens with one attached hydrogen (secondary N) is 1. The molecule has 1 saturated heterocycles. The molecule has 0 bridgehead atoms. The number of nitrogens with two attached hydrogens (primary N) is 1. The second-order valence-corrected chi connectivity index (χ2v) is 6.62. The Kier molecular flexibility index (Phi) is 3.96. The fourth-order valence-electron chi connectivity index (χ4n) is 3.32. The first-order chi connectivity index (χ1) is 11.7. The van der Waals surface area contributed by atoms with Crippen LogP contribution in [0.3, 0.4) is 0 Å². The molecule has 0 amide bonds. The summed E-state index contributed by atoms with van der Waals surface area (Å²) in [5.41, 5.74) is 11.1. The predicted octanol–water partition coefficient (Wildman–Crippen LogP) is 2.56. The minimum absolute atomic E-state index is 0.734. The van der Waals surface area contributed by atoms with Crippen molar-refractivity contribution in [3.63, 3.8) is 0 Å². The number of H-pyrrole nitrogens is 1. The summed E-state index contributed by atoms with van der Waals surface area (Å²) in [6.45, 7) is 5.60. The van der Waals surface area contributed by atoms with Crippen molar-refractivity contribution in [3.8, 4) is 11.3 Å². The van der Waals surface area contributed by atoms with Crippen LogP contribution in [-0.2, 0) is 6.54 Å². The third-order valence-electron chi connectivity index (χ3n) is 4.86. The average molecular weight is 321 g/mol. The lowest BCUT2D eigenvalue weighted by atomic mass is 10.0. The number of aromatic amines is 1. The molecule has 1 fully saturated rings. The average Bonchev–Trinajstić information content (AvgIpc) is 3.03. The van der Waals surface area contributed by atoms with Crippen LogP contribution in [-0.4, -0.2) is 53.2 Å². The topological polar surface area (TPSA) is 61.2 Å². The first-order valence-corrected chi connectivity index (χ1v) is 8.43. The van der Waals surface area contributed by atoms with Crippen molar-refractivity contribution in [2.45, 2.75) is 6.54 Å². The van der Waals surface area contributed by atoms with Crippen LogP contribution in [0.4, 0.5) is 5.69 Å². The van der Waals surface area contributed by atoms with Gasteiger partial charge in [0, 0.05) is 43.7 Å². The molecule has 0 aliphatic carbocycles. The van der Waals surface area contributed by atoms with Gasteiger partial charge in [0.05, 0.1) is 16.9 Å². The van der Waals surface area contributed by atoms with Crippen LogP contribution in [0.25, 0.3) is 22.2 Å². The maximum atomic E-state index is 6.01. The van der Waals surface area contributed by atoms with Crippen LogP contribution >= 0.6 is 0 Å². The Labute approximate surface area is 142 Å². The van der Waals surface area contributed by atoms with E-state index in [0.29, 0.717) is 0 Å². The number of rotatable bonds is 3. The fraction of sp³-hybridized carbons (Fsp3) is 0.316. The Morgan fingerprint density at radius 1 is 1.04 bits per heavy atom. The Balaban J connectivity index is 1.54. The number of piperazine rings is 1. The predicted molar refractivity (Wildman–Crippen MR) is 98.7 cm³/mol. The lowest BCUT2D eigenvalue weighted by Crippen LogP contribution is -2.43. The molecule has 24 heavy (non-hydrogen) atoms. The standard InChI is InChI=1S/C19H23N5/c1-23-9-11-24(12-10-23)13-14-5-7-15(8-6-14)18-16-3-2-4-17(20)19(16)22-21-18/h2-8H,9-13,20H2,1H3,(H,21,22). The minimum atomic E-state index is 0.734. The number of para-hydroxylation sites is 1. The van der Waals surface area contributed by atoms with E-state index in [1.54, 1.807) is 0 Å². The lowest BCUT2D eigenvalue weighted by molar-refractivity contribution is 0.148. The molecule has 1 aliphatic rings. The zero-order valence-corrected chi connectivity index (χ0v) is 14.0. The number of anilines is 1. The van der Waals surface area contributed by atoms with Gasteiger partial charge in [-0.2, -0.15) is 5.10 Å². The van der Waals surface area contributed by atoms with Crippen molar-refractivity contribution >= 4 is 16.6 Å². The SMILES string of the molecule is CN1CCN(Cc2ccc(-c3n[nH]c4c(N)cccc34)cc2)CC1. The summed E-state index contributed by atoms with van der Waals surface area (Å²) in [6, 6.07) is 14.7. The smallest absolute Gasteiger partial charge is 0.1000 e. The number of nitrogens with zero attached hydrogens (tertiary/aromatic N) is 3. The molecule has 124 valence electrons. The maximum absolute atomic E-state index is 6.01. The minimum Gasteiger partial charge on any atom is -0.397 e. The van der Waals surface area contributed by atoms with E-state index in [9.17, 15) is 0 Å². The van der Waals surface area contributed by atoms with Crippen LogP contribution in [0.15, 0.2) is 42.5 Å². The van der Waals surface area contributed by atoms with Crippen LogP contribution in [0, 0.1) is 0 Å². The van der Waals surface area contributed by atoms with E-state index in [-0.39, 0.29) is 0 Å². The lowest BCUT2D eigenvalue weighted by Gasteiger charge is -2.32. The van der Waals surface area contributed by atoms with Crippen molar-refractivity contribution in [1.82, 2.24) is 20.0 Å². The van der Waals surface area contributed by atoms with Gasteiger partial charge in [-0.15, -0.1) is 0 Å². The molecule has 2 aromatic carbocycles. The number of likely N-dealkylation sites (N-methyl/N-ethyl adjacent to an activating group) is 1. The molecule has 5 nitrogen and oxygen atoms in total. The van der Waals surface area contributed by atoms with Crippen molar-refractivity contribution in [2.24, 2.45) is 0 Å². The molecule has 0 atom stereocenters. The van der Waals surface area contributed by atoms with Gasteiger partial charge in [0.15, 0.2) is 0 Å². The van der Waals surface area contributed by atoms with Gasteiger partial charge in [0.1, 0.15) is 0 Å². The highest BCUT2D eigenvalue weighted by molar-refractivity contribution is 5.98. The van der Waals surface area contributed by atoms with E-state index < -0.39 is 0 Å². The van der Waals surface area contributed by atoms with Crippen LogP contribution in [0.2, 0.25) is 0 Å². The third-order valence-corrected chi connectivity index (χ3v) is 4.86. The van der Waals surface area contributed by atoms with E-state index in [1.165, 1.54) is 5.56 Å². The van der Waals surface area contributed by atoms with Gasteiger partial charge < -0.3 is 10.6 Å². The summed E-state index contributed by atoms with van der Waals surface area (Å²) in [7, 11) is 2.19. The molecule has 0 unspecified atom stereocenters. The molecule has 0 radical (unpaired) electrons. The Morgan fingerprint density at radius 2 is 1.79 bits per heavy atom. The second-order valence-electron chi connectivity index (χ2n) is 6.62. The van der Waals surface area contributed by atoms with Gasteiger partial charge in [-0.3, -0.25) is 10.00 Å². The Morgan fingerprint density at radius 3 is 2.54 bits per heavy atom. The Bertz CT molecular complexity index is 829. The van der Waals surface area contributed by atoms with Crippen LogP contribution in [0.5, 0.6) is 0 Å². The summed E-state index contributed by atoms with van der Waals surface area (Å²) in [5.74, 6) is 0. The zero-order valence-electron chi connectivity index (χ0n) is 14.0. The summed E-state index contributed by atoms with van der Waals surface area (Å²) < 4.78 is 0. The van der Waals surface area contributed by atoms with E-state index in [4.69, 9.17) is 5.73 Å². The first kappa shape index (κ1) is 15.2. The number of hydrogen-bond acceptors (Lipinski definition) is 4. The molecule has 1 aliphatic heterocycles. The summed E-state index contributed by atoms with van der Waals surface area (Å²) >= 11 is 0. The Hall–Kier alpha value is -2.37. The number of hydrogen-bond donors (Lipinski definition) is 2. The van der Waals surface area contributed by atoms with Crippen molar-refractivity contribution in [1.29, 1.82) is 0 Å². The highest BCUT2D eigenvalue weighted by Gasteiger charge is 2.14. The molecule has 2 heterocycles. The third kappa shape index (κ3) is 2.88. The van der Waals surface area contributed by atoms with Gasteiger partial charge in [0.2, 0.25) is 0 Å². The van der Waals surface area contributed by atoms with E-state index in [2.05, 4.69) is 57.4 Å². The van der Waals surface area contributed by atoms with Gasteiger partial charge in [0.25, 0.3) is 0 Å². The van der Waals surface area contributed by atoms with E-state index in [1.807, 2.05) is 12.1 Å². The monoisotopic (exact) mass is 321 g/mol. The number of fused-ring (bicyclic) bond motifs is 1. The van der Waals surface area contributed by atoms with Gasteiger partial charge >= 0.3 is 0 Å². The van der Waals surface area contributed by atoms with Gasteiger partial charge in [-0.05, 0) is 18.7 Å². The highest BCUT2D eigenvalue weighted by Crippen LogP contribution is 2.29. The molecule has 4 rings (SSSR count). The molecule has 0 spiro atoms. The number of aromatic nitrogens is 2. The van der Waals surface area contributed by atoms with Gasteiger partial charge in [-0.25, -0.2) is 0 Å². The number of nitrogen functional groups attached to an aromatic ring is 1. The van der Waals surface area contributed by atoms with Crippen molar-refractivity contribution in [3.05, 3.63) is 48.0 Å².